The zero-order valence-electron chi connectivity index (χ0n) is 53.1. The Morgan fingerprint density at radius 1 is 0.488 bits per heavy atom. The second-order valence-electron chi connectivity index (χ2n) is 23.9. The van der Waals surface area contributed by atoms with E-state index in [-0.39, 0.29) is 13.0 Å². The minimum atomic E-state index is -1.62. The third-order valence-corrected chi connectivity index (χ3v) is 16.2. The zero-order chi connectivity index (χ0) is 59.6. The number of unbranched alkanes of at least 4 members (excludes halogenated alkanes) is 38. The number of ether oxygens (including phenoxy) is 3. The van der Waals surface area contributed by atoms with Gasteiger partial charge in [-0.2, -0.15) is 0 Å². The number of hydrogen-bond acceptors (Lipinski definition) is 10. The molecule has 1 fully saturated rings. The maximum absolute atomic E-state index is 13.5. The van der Waals surface area contributed by atoms with Gasteiger partial charge >= 0.3 is 5.97 Å². The van der Waals surface area contributed by atoms with E-state index >= 15 is 0 Å². The van der Waals surface area contributed by atoms with Gasteiger partial charge in [-0.25, -0.2) is 0 Å². The summed E-state index contributed by atoms with van der Waals surface area (Å²) in [4.78, 5) is 26.6. The highest BCUT2D eigenvalue weighted by Crippen LogP contribution is 2.26. The molecule has 0 saturated carbocycles. The van der Waals surface area contributed by atoms with Gasteiger partial charge in [-0.05, 0) is 83.5 Å². The Kier molecular flexibility index (Phi) is 55.4. The first-order valence-corrected chi connectivity index (χ1v) is 34.6. The van der Waals surface area contributed by atoms with Crippen molar-refractivity contribution >= 4 is 11.9 Å². The van der Waals surface area contributed by atoms with Crippen LogP contribution in [0.25, 0.3) is 0 Å². The molecule has 1 heterocycles. The Labute approximate surface area is 503 Å². The monoisotopic (exact) mass is 1160 g/mol. The number of carbonyl (C=O) groups is 2. The van der Waals surface area contributed by atoms with Crippen LogP contribution in [0.4, 0.5) is 0 Å². The van der Waals surface area contributed by atoms with Crippen LogP contribution in [0.1, 0.15) is 316 Å². The standard InChI is InChI=1S/C71H129NO10/c1-4-7-10-13-16-19-22-25-27-28-29-30-31-32-33-34-35-36-37-39-40-43-46-49-52-55-58-64(75)70(79)72-62(63(74)57-54-51-48-45-42-24-21-18-15-12-9-6-3)61-80-71-69(68(78)67(77)65(60-73)81-71)82-66(76)59-56-53-50-47-44-41-38-26-23-20-17-14-11-8-5-2/h16-17,19-20,23,25-27,54,57,62-65,67-69,71,73-75,77-78H,4-15,18,21-22,24,28-53,55-56,58-61H2,1-3H3,(H,72,79)/b19-16-,20-17+,26-23+,27-25-,57-54+. The van der Waals surface area contributed by atoms with Crippen molar-refractivity contribution in [1.82, 2.24) is 5.32 Å². The molecular weight excluding hydrogens is 1030 g/mol. The predicted molar refractivity (Wildman–Crippen MR) is 343 cm³/mol. The molecule has 11 nitrogen and oxygen atoms in total. The van der Waals surface area contributed by atoms with Gasteiger partial charge in [0.25, 0.3) is 0 Å². The fraction of sp³-hybridized carbons (Fsp3) is 0.831. The first kappa shape index (κ1) is 77.4. The molecule has 0 aromatic carbocycles. The summed E-state index contributed by atoms with van der Waals surface area (Å²) in [5.41, 5.74) is 0. The summed E-state index contributed by atoms with van der Waals surface area (Å²) in [5, 5.41) is 57.1. The van der Waals surface area contributed by atoms with Crippen LogP contribution < -0.4 is 5.32 Å². The average Bonchev–Trinajstić information content (AvgIpc) is 3.68. The second kappa shape index (κ2) is 58.7. The predicted octanol–water partition coefficient (Wildman–Crippen LogP) is 17.3. The summed E-state index contributed by atoms with van der Waals surface area (Å²) in [7, 11) is 0. The van der Waals surface area contributed by atoms with Crippen LogP contribution in [0.3, 0.4) is 0 Å². The van der Waals surface area contributed by atoms with Gasteiger partial charge in [0.2, 0.25) is 5.91 Å². The number of nitrogens with one attached hydrogen (secondary N) is 1. The third-order valence-electron chi connectivity index (χ3n) is 16.2. The van der Waals surface area contributed by atoms with Gasteiger partial charge in [-0.3, -0.25) is 9.59 Å². The van der Waals surface area contributed by atoms with Crippen LogP contribution in [0.5, 0.6) is 0 Å². The van der Waals surface area contributed by atoms with E-state index in [4.69, 9.17) is 14.2 Å². The van der Waals surface area contributed by atoms with Crippen molar-refractivity contribution in [2.75, 3.05) is 13.2 Å². The molecule has 0 radical (unpaired) electrons. The van der Waals surface area contributed by atoms with E-state index in [1.54, 1.807) is 6.08 Å². The van der Waals surface area contributed by atoms with Crippen LogP contribution in [0.15, 0.2) is 60.8 Å². The number of carbonyl (C=O) groups excluding carboxylic acids is 2. The molecule has 0 aliphatic carbocycles. The highest BCUT2D eigenvalue weighted by atomic mass is 16.7. The number of aliphatic hydroxyl groups excluding tert-OH is 5. The van der Waals surface area contributed by atoms with Crippen molar-refractivity contribution in [2.45, 2.75) is 365 Å². The Balaban J connectivity index is 2.56. The number of allylic oxidation sites excluding steroid dienone is 9. The van der Waals surface area contributed by atoms with Crippen molar-refractivity contribution in [2.24, 2.45) is 0 Å². The van der Waals surface area contributed by atoms with E-state index in [1.165, 1.54) is 180 Å². The highest BCUT2D eigenvalue weighted by Gasteiger charge is 2.47. The van der Waals surface area contributed by atoms with Crippen LogP contribution in [0.2, 0.25) is 0 Å². The molecule has 8 atom stereocenters. The fourth-order valence-electron chi connectivity index (χ4n) is 10.7. The maximum atomic E-state index is 13.5. The van der Waals surface area contributed by atoms with Crippen molar-refractivity contribution in [3.8, 4) is 0 Å². The molecule has 0 aromatic heterocycles. The topological polar surface area (TPSA) is 175 Å². The quantitative estimate of drug-likeness (QED) is 0.0149. The van der Waals surface area contributed by atoms with Crippen molar-refractivity contribution in [3.63, 3.8) is 0 Å². The first-order valence-electron chi connectivity index (χ1n) is 34.6. The fourth-order valence-corrected chi connectivity index (χ4v) is 10.7. The molecule has 0 bridgehead atoms. The van der Waals surface area contributed by atoms with Gasteiger partial charge in [0.15, 0.2) is 12.4 Å². The Hall–Kier alpha value is -2.64. The van der Waals surface area contributed by atoms with Crippen LogP contribution in [0, 0.1) is 0 Å². The van der Waals surface area contributed by atoms with Crippen molar-refractivity contribution in [3.05, 3.63) is 60.8 Å². The first-order chi connectivity index (χ1) is 40.2. The smallest absolute Gasteiger partial charge is 0.306 e. The lowest BCUT2D eigenvalue weighted by atomic mass is 9.99. The molecule has 11 heteroatoms. The van der Waals surface area contributed by atoms with Gasteiger partial charge in [0.05, 0.1) is 25.4 Å². The van der Waals surface area contributed by atoms with Gasteiger partial charge in [-0.15, -0.1) is 0 Å². The van der Waals surface area contributed by atoms with Crippen LogP contribution in [-0.4, -0.2) is 99.6 Å². The molecule has 8 unspecified atom stereocenters. The summed E-state index contributed by atoms with van der Waals surface area (Å²) in [5.74, 6) is -1.20. The molecule has 1 aliphatic rings. The number of aliphatic hydroxyl groups is 5. The summed E-state index contributed by atoms with van der Waals surface area (Å²) < 4.78 is 17.6. The number of rotatable bonds is 59. The SMILES string of the molecule is CCCCC/C=C\C/C=C\CCCCCCCCCCCCCCCCCCC(O)C(=O)NC(COC1OC(CO)C(O)C(O)C1OC(=O)CCCCCCCC/C=C/C=C/CCCCC)C(O)/C=C/CCCCCCCCCCCC. The minimum absolute atomic E-state index is 0.111. The molecule has 1 rings (SSSR count). The largest absolute Gasteiger partial charge is 0.454 e. The lowest BCUT2D eigenvalue weighted by Crippen LogP contribution is -2.61. The molecule has 0 spiro atoms. The van der Waals surface area contributed by atoms with E-state index in [0.29, 0.717) is 19.3 Å². The molecule has 1 saturated heterocycles. The van der Waals surface area contributed by atoms with Gasteiger partial charge in [0.1, 0.15) is 24.4 Å². The van der Waals surface area contributed by atoms with Crippen LogP contribution in [-0.2, 0) is 23.8 Å². The Bertz CT molecular complexity index is 1560. The lowest BCUT2D eigenvalue weighted by Gasteiger charge is -2.41. The maximum Gasteiger partial charge on any atom is 0.306 e. The number of hydrogen-bond donors (Lipinski definition) is 6. The zero-order valence-corrected chi connectivity index (χ0v) is 53.1. The molecule has 0 aromatic rings. The van der Waals surface area contributed by atoms with E-state index in [2.05, 4.69) is 74.7 Å². The van der Waals surface area contributed by atoms with Crippen molar-refractivity contribution in [1.29, 1.82) is 0 Å². The van der Waals surface area contributed by atoms with Gasteiger partial charge in [-0.1, -0.05) is 287 Å². The minimum Gasteiger partial charge on any atom is -0.454 e. The lowest BCUT2D eigenvalue weighted by molar-refractivity contribution is -0.305. The molecule has 82 heavy (non-hydrogen) atoms. The van der Waals surface area contributed by atoms with Crippen molar-refractivity contribution < 1.29 is 49.3 Å². The van der Waals surface area contributed by atoms with Gasteiger partial charge in [0, 0.05) is 6.42 Å². The summed E-state index contributed by atoms with van der Waals surface area (Å²) >= 11 is 0. The molecule has 6 N–H and O–H groups in total. The number of esters is 1. The Morgan fingerprint density at radius 2 is 0.878 bits per heavy atom. The average molecular weight is 1160 g/mol. The summed E-state index contributed by atoms with van der Waals surface area (Å²) in [6.45, 7) is 5.75. The second-order valence-corrected chi connectivity index (χ2v) is 23.9. The molecule has 1 aliphatic heterocycles. The van der Waals surface area contributed by atoms with Gasteiger partial charge < -0.3 is 45.1 Å². The molecular formula is C71H129NO10. The summed E-state index contributed by atoms with van der Waals surface area (Å²) in [6.07, 6.45) is 64.1. The van der Waals surface area contributed by atoms with E-state index in [0.717, 1.165) is 89.9 Å². The highest BCUT2D eigenvalue weighted by molar-refractivity contribution is 5.80. The number of amides is 1. The summed E-state index contributed by atoms with van der Waals surface area (Å²) in [6, 6.07) is -1.03. The van der Waals surface area contributed by atoms with Crippen LogP contribution >= 0.6 is 0 Å². The Morgan fingerprint density at radius 3 is 1.34 bits per heavy atom. The third kappa shape index (κ3) is 45.7. The van der Waals surface area contributed by atoms with E-state index in [9.17, 15) is 35.1 Å². The normalized spacial score (nSPS) is 19.0. The van der Waals surface area contributed by atoms with E-state index < -0.39 is 67.4 Å². The molecule has 478 valence electrons. The van der Waals surface area contributed by atoms with E-state index in [1.807, 2.05) is 6.08 Å². The molecule has 1 amide bonds.